The number of aromatic amines is 1. The molecule has 2 heterocycles. The lowest BCUT2D eigenvalue weighted by Crippen LogP contribution is -2.32. The van der Waals surface area contributed by atoms with Gasteiger partial charge >= 0.3 is 0 Å². The Labute approximate surface area is 200 Å². The Hall–Kier alpha value is -3.32. The lowest BCUT2D eigenvalue weighted by atomic mass is 9.93. The van der Waals surface area contributed by atoms with Crippen LogP contribution in [0.4, 0.5) is 0 Å². The highest BCUT2D eigenvalue weighted by atomic mass is 16.5. The first-order valence-corrected chi connectivity index (χ1v) is 12.0. The van der Waals surface area contributed by atoms with Gasteiger partial charge in [0.05, 0.1) is 19.3 Å². The first-order chi connectivity index (χ1) is 16.5. The molecule has 1 unspecified atom stereocenters. The summed E-state index contributed by atoms with van der Waals surface area (Å²) in [6, 6.07) is 11.0. The molecule has 0 aliphatic carbocycles. The summed E-state index contributed by atoms with van der Waals surface area (Å²) >= 11 is 0. The van der Waals surface area contributed by atoms with E-state index in [0.717, 1.165) is 35.3 Å². The number of aryl methyl sites for hydroxylation is 2. The normalized spacial score (nSPS) is 15.1. The zero-order valence-electron chi connectivity index (χ0n) is 20.1. The number of aromatic nitrogens is 2. The van der Waals surface area contributed by atoms with E-state index in [1.165, 1.54) is 12.8 Å². The van der Waals surface area contributed by atoms with Gasteiger partial charge in [-0.3, -0.25) is 9.89 Å². The van der Waals surface area contributed by atoms with E-state index in [0.29, 0.717) is 29.1 Å². The van der Waals surface area contributed by atoms with Crippen LogP contribution in [0.1, 0.15) is 71.4 Å². The van der Waals surface area contributed by atoms with E-state index in [9.17, 15) is 15.0 Å². The van der Waals surface area contributed by atoms with Crippen LogP contribution in [0.25, 0.3) is 11.3 Å². The van der Waals surface area contributed by atoms with E-state index in [1.807, 2.05) is 44.2 Å². The molecule has 1 amide bonds. The molecule has 4 rings (SSSR count). The van der Waals surface area contributed by atoms with E-state index in [-0.39, 0.29) is 24.8 Å². The van der Waals surface area contributed by atoms with Gasteiger partial charge in [0.2, 0.25) is 0 Å². The largest absolute Gasteiger partial charge is 0.507 e. The van der Waals surface area contributed by atoms with Crippen LogP contribution in [0, 0.1) is 13.8 Å². The van der Waals surface area contributed by atoms with Crippen molar-refractivity contribution in [3.8, 4) is 22.8 Å². The predicted octanol–water partition coefficient (Wildman–Crippen LogP) is 4.90. The summed E-state index contributed by atoms with van der Waals surface area (Å²) in [4.78, 5) is 14.8. The number of nitrogens with one attached hydrogen (secondary N) is 1. The Morgan fingerprint density at radius 2 is 1.88 bits per heavy atom. The Morgan fingerprint density at radius 3 is 2.56 bits per heavy atom. The molecular weight excluding hydrogens is 430 g/mol. The van der Waals surface area contributed by atoms with Gasteiger partial charge in [0, 0.05) is 17.7 Å². The quantitative estimate of drug-likeness (QED) is 0.372. The van der Waals surface area contributed by atoms with Crippen molar-refractivity contribution in [3.63, 3.8) is 0 Å². The number of carbonyl (C=O) groups is 1. The Balaban J connectivity index is 1.68. The molecule has 180 valence electrons. The van der Waals surface area contributed by atoms with Gasteiger partial charge in [0.25, 0.3) is 5.91 Å². The number of unbranched alkanes of at least 4 members (excludes halogenated alkanes) is 3. The van der Waals surface area contributed by atoms with Gasteiger partial charge in [-0.25, -0.2) is 0 Å². The number of aromatic hydroxyl groups is 1. The van der Waals surface area contributed by atoms with E-state index in [2.05, 4.69) is 17.1 Å². The molecule has 0 radical (unpaired) electrons. The zero-order chi connectivity index (χ0) is 24.2. The van der Waals surface area contributed by atoms with E-state index in [4.69, 9.17) is 4.74 Å². The molecule has 1 aromatic heterocycles. The lowest BCUT2D eigenvalue weighted by molar-refractivity contribution is 0.0706. The first-order valence-electron chi connectivity index (χ1n) is 12.0. The Bertz CT molecular complexity index is 1130. The van der Waals surface area contributed by atoms with E-state index < -0.39 is 6.04 Å². The van der Waals surface area contributed by atoms with Crippen LogP contribution in [-0.2, 0) is 0 Å². The number of hydrogen-bond acceptors (Lipinski definition) is 5. The topological polar surface area (TPSA) is 98.7 Å². The molecule has 0 saturated heterocycles. The summed E-state index contributed by atoms with van der Waals surface area (Å²) in [7, 11) is 0. The van der Waals surface area contributed by atoms with Crippen LogP contribution in [0.2, 0.25) is 0 Å². The number of benzene rings is 2. The average Bonchev–Trinajstić information content (AvgIpc) is 3.33. The third-order valence-corrected chi connectivity index (χ3v) is 6.36. The van der Waals surface area contributed by atoms with Crippen LogP contribution in [0.5, 0.6) is 11.5 Å². The van der Waals surface area contributed by atoms with Crippen molar-refractivity contribution in [1.29, 1.82) is 0 Å². The number of phenolic OH excluding ortho intramolecular Hbond substituents is 1. The second-order valence-electron chi connectivity index (χ2n) is 8.94. The van der Waals surface area contributed by atoms with Crippen molar-refractivity contribution in [1.82, 2.24) is 15.1 Å². The third kappa shape index (κ3) is 4.53. The Kier molecular flexibility index (Phi) is 7.22. The first kappa shape index (κ1) is 23.8. The van der Waals surface area contributed by atoms with Crippen molar-refractivity contribution in [2.45, 2.75) is 52.5 Å². The van der Waals surface area contributed by atoms with Crippen LogP contribution in [-0.4, -0.2) is 51.0 Å². The standard InChI is InChI=1S/C27H33N3O4/c1-4-5-6-7-14-34-20-10-8-19(9-11-20)26-23-24(22-18(3)15-17(2)16-21(22)32)28-29-25(23)27(33)30(26)12-13-31/h8-11,15-16,26,31-32H,4-7,12-14H2,1-3H3,(H,28,29). The minimum Gasteiger partial charge on any atom is -0.507 e. The minimum atomic E-state index is -0.429. The summed E-state index contributed by atoms with van der Waals surface area (Å²) in [6.45, 7) is 6.76. The highest BCUT2D eigenvalue weighted by Crippen LogP contribution is 2.45. The second-order valence-corrected chi connectivity index (χ2v) is 8.94. The van der Waals surface area contributed by atoms with E-state index in [1.54, 1.807) is 11.0 Å². The second kappa shape index (κ2) is 10.3. The number of carbonyl (C=O) groups excluding carboxylic acids is 1. The molecule has 0 bridgehead atoms. The molecular formula is C27H33N3O4. The van der Waals surface area contributed by atoms with Crippen molar-refractivity contribution < 1.29 is 19.7 Å². The number of β-amino-alcohol motifs (C(OH)–C–C–N with tert-alkyl or cyclic N) is 1. The number of rotatable bonds is 10. The minimum absolute atomic E-state index is 0.130. The maximum Gasteiger partial charge on any atom is 0.273 e. The van der Waals surface area contributed by atoms with Gasteiger partial charge in [0.1, 0.15) is 22.9 Å². The van der Waals surface area contributed by atoms with Crippen molar-refractivity contribution in [3.05, 3.63) is 64.3 Å². The number of aliphatic hydroxyl groups is 1. The highest BCUT2D eigenvalue weighted by Gasteiger charge is 2.42. The number of fused-ring (bicyclic) bond motifs is 1. The lowest BCUT2D eigenvalue weighted by Gasteiger charge is -2.26. The predicted molar refractivity (Wildman–Crippen MR) is 131 cm³/mol. The van der Waals surface area contributed by atoms with E-state index >= 15 is 0 Å². The van der Waals surface area contributed by atoms with Gasteiger partial charge < -0.3 is 19.8 Å². The maximum atomic E-state index is 13.2. The monoisotopic (exact) mass is 463 g/mol. The zero-order valence-corrected chi connectivity index (χ0v) is 20.1. The molecule has 34 heavy (non-hydrogen) atoms. The molecule has 7 nitrogen and oxygen atoms in total. The summed E-state index contributed by atoms with van der Waals surface area (Å²) < 4.78 is 5.88. The molecule has 3 aromatic rings. The number of hydrogen-bond donors (Lipinski definition) is 3. The number of amides is 1. The molecule has 0 saturated carbocycles. The van der Waals surface area contributed by atoms with Crippen molar-refractivity contribution >= 4 is 5.91 Å². The number of aliphatic hydroxyl groups excluding tert-OH is 1. The smallest absolute Gasteiger partial charge is 0.273 e. The molecule has 2 aromatic carbocycles. The molecule has 1 aliphatic heterocycles. The number of nitrogens with zero attached hydrogens (tertiary/aromatic N) is 2. The highest BCUT2D eigenvalue weighted by molar-refractivity contribution is 6.00. The molecule has 1 aliphatic rings. The van der Waals surface area contributed by atoms with Crippen LogP contribution < -0.4 is 4.74 Å². The summed E-state index contributed by atoms with van der Waals surface area (Å²) in [6.07, 6.45) is 4.59. The summed E-state index contributed by atoms with van der Waals surface area (Å²) in [5, 5.41) is 27.7. The van der Waals surface area contributed by atoms with Crippen LogP contribution in [0.3, 0.4) is 0 Å². The average molecular weight is 464 g/mol. The van der Waals surface area contributed by atoms with Crippen LogP contribution in [0.15, 0.2) is 36.4 Å². The molecule has 7 heteroatoms. The number of H-pyrrole nitrogens is 1. The van der Waals surface area contributed by atoms with Crippen LogP contribution >= 0.6 is 0 Å². The summed E-state index contributed by atoms with van der Waals surface area (Å²) in [5.74, 6) is 0.705. The Morgan fingerprint density at radius 1 is 1.12 bits per heavy atom. The van der Waals surface area contributed by atoms with Gasteiger partial charge in [-0.2, -0.15) is 5.10 Å². The molecule has 3 N–H and O–H groups in total. The maximum absolute atomic E-state index is 13.2. The third-order valence-electron chi connectivity index (χ3n) is 6.36. The fourth-order valence-corrected chi connectivity index (χ4v) is 4.79. The summed E-state index contributed by atoms with van der Waals surface area (Å²) in [5.41, 5.74) is 5.00. The number of phenols is 1. The molecule has 1 atom stereocenters. The van der Waals surface area contributed by atoms with Gasteiger partial charge in [-0.1, -0.05) is 44.4 Å². The van der Waals surface area contributed by atoms with Gasteiger partial charge in [-0.05, 0) is 55.2 Å². The SMILES string of the molecule is CCCCCCOc1ccc(C2c3c(-c4c(C)cc(C)cc4O)n[nH]c3C(=O)N2CCO)cc1. The van der Waals surface area contributed by atoms with Crippen molar-refractivity contribution in [2.24, 2.45) is 0 Å². The van der Waals surface area contributed by atoms with Crippen molar-refractivity contribution in [2.75, 3.05) is 19.8 Å². The van der Waals surface area contributed by atoms with Gasteiger partial charge in [-0.15, -0.1) is 0 Å². The fourth-order valence-electron chi connectivity index (χ4n) is 4.79. The van der Waals surface area contributed by atoms with Gasteiger partial charge in [0.15, 0.2) is 0 Å². The fraction of sp³-hybridized carbons (Fsp3) is 0.407. The molecule has 0 fully saturated rings. The number of ether oxygens (including phenoxy) is 1. The molecule has 0 spiro atoms.